The molecule has 0 unspecified atom stereocenters. The van der Waals surface area contributed by atoms with Crippen LogP contribution in [-0.2, 0) is 10.0 Å². The summed E-state index contributed by atoms with van der Waals surface area (Å²) in [5.41, 5.74) is 0.635. The number of sulfonamides is 1. The number of carbonyl (C=O) groups excluding carboxylic acids is 1. The van der Waals surface area contributed by atoms with Crippen LogP contribution in [0.15, 0.2) is 56.6 Å². The number of phenols is 1. The van der Waals surface area contributed by atoms with Crippen LogP contribution in [0.3, 0.4) is 0 Å². The zero-order valence-corrected chi connectivity index (χ0v) is 17.6. The van der Waals surface area contributed by atoms with Crippen LogP contribution in [0, 0.1) is 6.92 Å². The van der Waals surface area contributed by atoms with E-state index in [9.17, 15) is 23.1 Å². The summed E-state index contributed by atoms with van der Waals surface area (Å²) in [7, 11) is -3.78. The number of aryl methyl sites for hydroxylation is 1. The minimum absolute atomic E-state index is 0.0743. The Morgan fingerprint density at radius 1 is 1.10 bits per heavy atom. The topological polar surface area (TPSA) is 117 Å². The van der Waals surface area contributed by atoms with Crippen molar-refractivity contribution >= 4 is 32.6 Å². The summed E-state index contributed by atoms with van der Waals surface area (Å²) in [6, 6.07) is 9.69. The first-order chi connectivity index (χ1) is 14.2. The van der Waals surface area contributed by atoms with Crippen molar-refractivity contribution in [2.45, 2.75) is 25.7 Å². The maximum Gasteiger partial charge on any atom is 0.291 e. The minimum Gasteiger partial charge on any atom is -0.506 e. The maximum absolute atomic E-state index is 12.7. The molecule has 0 bridgehead atoms. The summed E-state index contributed by atoms with van der Waals surface area (Å²) >= 11 is 0. The Morgan fingerprint density at radius 2 is 1.80 bits per heavy atom. The Kier molecular flexibility index (Phi) is 5.95. The molecule has 8 nitrogen and oxygen atoms in total. The lowest BCUT2D eigenvalue weighted by molar-refractivity contribution is 0.0996. The summed E-state index contributed by atoms with van der Waals surface area (Å²) in [6.07, 6.45) is 0. The molecule has 2 aromatic carbocycles. The number of amides is 1. The normalized spacial score (nSPS) is 11.7. The first kappa shape index (κ1) is 21.5. The molecule has 0 aliphatic carbocycles. The Balaban J connectivity index is 1.97. The van der Waals surface area contributed by atoms with E-state index in [4.69, 9.17) is 4.42 Å². The zero-order chi connectivity index (χ0) is 22.1. The van der Waals surface area contributed by atoms with E-state index in [2.05, 4.69) is 5.32 Å². The summed E-state index contributed by atoms with van der Waals surface area (Å²) in [5, 5.41) is 12.9. The highest BCUT2D eigenvalue weighted by molar-refractivity contribution is 7.89. The molecule has 0 saturated carbocycles. The van der Waals surface area contributed by atoms with Gasteiger partial charge < -0.3 is 14.8 Å². The van der Waals surface area contributed by atoms with Gasteiger partial charge in [-0.2, -0.15) is 4.31 Å². The number of benzene rings is 2. The SMILES string of the molecule is CCN(CC)S(=O)(=O)c1ccc(O)c(NC(=O)c2cc(=O)c3cc(C)ccc3o2)c1. The number of hydrogen-bond donors (Lipinski definition) is 2. The van der Waals surface area contributed by atoms with Crippen molar-refractivity contribution in [2.75, 3.05) is 18.4 Å². The lowest BCUT2D eigenvalue weighted by Gasteiger charge is -2.19. The molecule has 9 heteroatoms. The number of aromatic hydroxyl groups is 1. The van der Waals surface area contributed by atoms with E-state index in [1.807, 2.05) is 6.92 Å². The highest BCUT2D eigenvalue weighted by atomic mass is 32.2. The van der Waals surface area contributed by atoms with Gasteiger partial charge in [-0.25, -0.2) is 8.42 Å². The standard InChI is InChI=1S/C21H22N2O6S/c1-4-23(5-2)30(27,28)14-7-8-17(24)16(11-14)22-21(26)20-12-18(25)15-10-13(3)6-9-19(15)29-20/h6-12,24H,4-5H2,1-3H3,(H,22,26). The van der Waals surface area contributed by atoms with E-state index in [1.165, 1.54) is 22.5 Å². The van der Waals surface area contributed by atoms with Crippen molar-refractivity contribution in [3.63, 3.8) is 0 Å². The molecule has 2 N–H and O–H groups in total. The van der Waals surface area contributed by atoms with Gasteiger partial charge in [0.2, 0.25) is 10.0 Å². The third-order valence-electron chi connectivity index (χ3n) is 4.67. The average molecular weight is 430 g/mol. The van der Waals surface area contributed by atoms with Crippen molar-refractivity contribution in [3.05, 3.63) is 64.0 Å². The third kappa shape index (κ3) is 4.07. The van der Waals surface area contributed by atoms with E-state index in [-0.39, 0.29) is 46.2 Å². The quantitative estimate of drug-likeness (QED) is 0.581. The smallest absolute Gasteiger partial charge is 0.291 e. The number of nitrogens with zero attached hydrogens (tertiary/aromatic N) is 1. The summed E-state index contributed by atoms with van der Waals surface area (Å²) < 4.78 is 32.2. The molecule has 3 aromatic rings. The molecule has 0 saturated heterocycles. The second-order valence-corrected chi connectivity index (χ2v) is 8.63. The molecule has 1 heterocycles. The second kappa shape index (κ2) is 8.29. The number of rotatable bonds is 6. The number of hydrogen-bond acceptors (Lipinski definition) is 6. The van der Waals surface area contributed by atoms with Gasteiger partial charge in [-0.1, -0.05) is 25.5 Å². The van der Waals surface area contributed by atoms with Crippen molar-refractivity contribution in [3.8, 4) is 5.75 Å². The first-order valence-electron chi connectivity index (χ1n) is 9.36. The van der Waals surface area contributed by atoms with Crippen molar-refractivity contribution in [1.29, 1.82) is 0 Å². The van der Waals surface area contributed by atoms with E-state index < -0.39 is 15.9 Å². The van der Waals surface area contributed by atoms with Gasteiger partial charge in [-0.05, 0) is 37.3 Å². The monoisotopic (exact) mass is 430 g/mol. The van der Waals surface area contributed by atoms with Gasteiger partial charge in [0.25, 0.3) is 5.91 Å². The molecule has 3 rings (SSSR count). The second-order valence-electron chi connectivity index (χ2n) is 6.70. The molecule has 158 valence electrons. The molecule has 0 radical (unpaired) electrons. The number of anilines is 1. The van der Waals surface area contributed by atoms with Crippen molar-refractivity contribution in [1.82, 2.24) is 4.31 Å². The molecular weight excluding hydrogens is 408 g/mol. The number of nitrogens with one attached hydrogen (secondary N) is 1. The summed E-state index contributed by atoms with van der Waals surface area (Å²) in [4.78, 5) is 24.9. The number of phenolic OH excluding ortho intramolecular Hbond substituents is 1. The number of carbonyl (C=O) groups is 1. The van der Waals surface area contributed by atoms with Crippen LogP contribution in [0.5, 0.6) is 5.75 Å². The zero-order valence-electron chi connectivity index (χ0n) is 16.8. The summed E-state index contributed by atoms with van der Waals surface area (Å²) in [6.45, 7) is 5.83. The van der Waals surface area contributed by atoms with Crippen LogP contribution >= 0.6 is 0 Å². The fraction of sp³-hybridized carbons (Fsp3) is 0.238. The van der Waals surface area contributed by atoms with Gasteiger partial charge >= 0.3 is 0 Å². The van der Waals surface area contributed by atoms with Gasteiger partial charge in [0.15, 0.2) is 11.2 Å². The van der Waals surface area contributed by atoms with Crippen LogP contribution in [0.25, 0.3) is 11.0 Å². The Morgan fingerprint density at radius 3 is 2.47 bits per heavy atom. The fourth-order valence-electron chi connectivity index (χ4n) is 3.05. The number of fused-ring (bicyclic) bond motifs is 1. The van der Waals surface area contributed by atoms with Gasteiger partial charge in [-0.15, -0.1) is 0 Å². The van der Waals surface area contributed by atoms with Crippen LogP contribution in [0.2, 0.25) is 0 Å². The molecule has 0 atom stereocenters. The predicted molar refractivity (Wildman–Crippen MR) is 113 cm³/mol. The lowest BCUT2D eigenvalue weighted by Crippen LogP contribution is -2.30. The largest absolute Gasteiger partial charge is 0.506 e. The van der Waals surface area contributed by atoms with Crippen LogP contribution in [0.4, 0.5) is 5.69 Å². The van der Waals surface area contributed by atoms with Crippen LogP contribution < -0.4 is 10.7 Å². The Labute approximate surface area is 173 Å². The van der Waals surface area contributed by atoms with Gasteiger partial charge in [0, 0.05) is 19.2 Å². The third-order valence-corrected chi connectivity index (χ3v) is 6.71. The van der Waals surface area contributed by atoms with E-state index in [1.54, 1.807) is 32.0 Å². The molecule has 1 amide bonds. The van der Waals surface area contributed by atoms with E-state index in [0.717, 1.165) is 11.6 Å². The molecule has 0 aliphatic rings. The molecular formula is C21H22N2O6S. The molecule has 0 spiro atoms. The van der Waals surface area contributed by atoms with E-state index >= 15 is 0 Å². The van der Waals surface area contributed by atoms with Crippen LogP contribution in [-0.4, -0.2) is 36.8 Å². The minimum atomic E-state index is -3.78. The molecule has 30 heavy (non-hydrogen) atoms. The predicted octanol–water partition coefficient (Wildman–Crippen LogP) is 3.09. The van der Waals surface area contributed by atoms with Crippen molar-refractivity contribution < 1.29 is 22.7 Å². The highest BCUT2D eigenvalue weighted by Crippen LogP contribution is 2.28. The van der Waals surface area contributed by atoms with E-state index in [0.29, 0.717) is 5.39 Å². The van der Waals surface area contributed by atoms with Gasteiger partial charge in [0.05, 0.1) is 16.0 Å². The Bertz CT molecular complexity index is 1280. The lowest BCUT2D eigenvalue weighted by atomic mass is 10.1. The van der Waals surface area contributed by atoms with Gasteiger partial charge in [-0.3, -0.25) is 9.59 Å². The average Bonchev–Trinajstić information content (AvgIpc) is 2.70. The van der Waals surface area contributed by atoms with Crippen LogP contribution in [0.1, 0.15) is 30.0 Å². The van der Waals surface area contributed by atoms with Crippen molar-refractivity contribution in [2.24, 2.45) is 0 Å². The molecule has 1 aromatic heterocycles. The fourth-order valence-corrected chi connectivity index (χ4v) is 4.54. The highest BCUT2D eigenvalue weighted by Gasteiger charge is 2.23. The van der Waals surface area contributed by atoms with Gasteiger partial charge in [0.1, 0.15) is 11.3 Å². The maximum atomic E-state index is 12.7. The first-order valence-corrected chi connectivity index (χ1v) is 10.8. The Hall–Kier alpha value is -3.17. The molecule has 0 aliphatic heterocycles. The summed E-state index contributed by atoms with van der Waals surface area (Å²) in [5.74, 6) is -1.37. The molecule has 0 fully saturated rings.